The Hall–Kier alpha value is -2.40. The van der Waals surface area contributed by atoms with Crippen molar-refractivity contribution in [2.75, 3.05) is 17.6 Å². The molecule has 0 bridgehead atoms. The van der Waals surface area contributed by atoms with E-state index in [0.717, 1.165) is 11.4 Å². The number of carbonyl (C=O) groups is 1. The van der Waals surface area contributed by atoms with E-state index < -0.39 is 0 Å². The molecular formula is C13H14N4O. The van der Waals surface area contributed by atoms with Gasteiger partial charge in [0.2, 0.25) is 0 Å². The Balaban J connectivity index is 2.19. The number of hydrogen-bond donors (Lipinski definition) is 3. The smallest absolute Gasteiger partial charge is 0.194 e. The minimum Gasteiger partial charge on any atom is -0.399 e. The van der Waals surface area contributed by atoms with Crippen molar-refractivity contribution in [3.8, 4) is 0 Å². The molecule has 0 radical (unpaired) electrons. The third-order valence-electron chi connectivity index (χ3n) is 2.43. The number of carbonyl (C=O) groups excluding carboxylic acids is 1. The van der Waals surface area contributed by atoms with Crippen LogP contribution in [0.5, 0.6) is 0 Å². The summed E-state index contributed by atoms with van der Waals surface area (Å²) >= 11 is 0. The first-order valence-electron chi connectivity index (χ1n) is 5.51. The molecule has 2 rings (SSSR count). The topological polar surface area (TPSA) is 94.0 Å². The van der Waals surface area contributed by atoms with Crippen LogP contribution in [0.4, 0.5) is 17.1 Å². The molecule has 0 aliphatic rings. The summed E-state index contributed by atoms with van der Waals surface area (Å²) < 4.78 is 0. The van der Waals surface area contributed by atoms with Gasteiger partial charge in [0.1, 0.15) is 5.69 Å². The van der Waals surface area contributed by atoms with Crippen LogP contribution in [0.3, 0.4) is 0 Å². The van der Waals surface area contributed by atoms with Crippen LogP contribution in [-0.4, -0.2) is 17.3 Å². The minimum absolute atomic E-state index is 0.0433. The monoisotopic (exact) mass is 242 g/mol. The molecule has 1 aromatic carbocycles. The standard InChI is InChI=1S/C13H14N4O/c14-8-13(18)12-7-11(5-6-16-12)17-10-3-1-9(15)2-4-10/h1-7H,8,14-15H2,(H,16,17). The minimum atomic E-state index is -0.184. The SMILES string of the molecule is NCC(=O)c1cc(Nc2ccc(N)cc2)ccn1. The zero-order valence-electron chi connectivity index (χ0n) is 9.76. The summed E-state index contributed by atoms with van der Waals surface area (Å²) in [6.07, 6.45) is 1.57. The Morgan fingerprint density at radius 1 is 1.17 bits per heavy atom. The van der Waals surface area contributed by atoms with Crippen LogP contribution in [0.15, 0.2) is 42.6 Å². The van der Waals surface area contributed by atoms with Gasteiger partial charge in [-0.1, -0.05) is 0 Å². The normalized spacial score (nSPS) is 10.1. The highest BCUT2D eigenvalue weighted by molar-refractivity contribution is 5.96. The van der Waals surface area contributed by atoms with E-state index in [1.54, 1.807) is 30.5 Å². The van der Waals surface area contributed by atoms with Crippen LogP contribution in [0.2, 0.25) is 0 Å². The molecule has 0 atom stereocenters. The molecule has 5 nitrogen and oxygen atoms in total. The van der Waals surface area contributed by atoms with E-state index in [1.807, 2.05) is 12.1 Å². The molecule has 0 amide bonds. The van der Waals surface area contributed by atoms with Gasteiger partial charge in [0.15, 0.2) is 5.78 Å². The van der Waals surface area contributed by atoms with Gasteiger partial charge in [-0.25, -0.2) is 0 Å². The van der Waals surface area contributed by atoms with E-state index in [2.05, 4.69) is 10.3 Å². The van der Waals surface area contributed by atoms with Gasteiger partial charge in [0, 0.05) is 23.3 Å². The number of Topliss-reactive ketones (excluding diaryl/α,β-unsaturated/α-hetero) is 1. The second-order valence-electron chi connectivity index (χ2n) is 3.80. The Bertz CT molecular complexity index is 551. The molecule has 0 aliphatic carbocycles. The number of nitrogens with two attached hydrogens (primary N) is 2. The van der Waals surface area contributed by atoms with Gasteiger partial charge in [-0.3, -0.25) is 9.78 Å². The van der Waals surface area contributed by atoms with Crippen molar-refractivity contribution in [2.45, 2.75) is 0 Å². The van der Waals surface area contributed by atoms with E-state index in [4.69, 9.17) is 11.5 Å². The van der Waals surface area contributed by atoms with Crippen LogP contribution in [0, 0.1) is 0 Å². The largest absolute Gasteiger partial charge is 0.399 e. The first kappa shape index (κ1) is 12.1. The number of nitrogens with zero attached hydrogens (tertiary/aromatic N) is 1. The molecule has 5 heteroatoms. The lowest BCUT2D eigenvalue weighted by Gasteiger charge is -2.07. The highest BCUT2D eigenvalue weighted by Crippen LogP contribution is 2.17. The Labute approximate surface area is 105 Å². The molecule has 0 spiro atoms. The molecule has 2 aromatic rings. The van der Waals surface area contributed by atoms with Gasteiger partial charge in [0.05, 0.1) is 6.54 Å². The molecule has 0 unspecified atom stereocenters. The van der Waals surface area contributed by atoms with Crippen molar-refractivity contribution in [1.29, 1.82) is 0 Å². The quantitative estimate of drug-likeness (QED) is 0.558. The van der Waals surface area contributed by atoms with E-state index >= 15 is 0 Å². The van der Waals surface area contributed by atoms with Crippen molar-refractivity contribution in [3.05, 3.63) is 48.3 Å². The molecule has 1 heterocycles. The summed E-state index contributed by atoms with van der Waals surface area (Å²) in [6.45, 7) is -0.0433. The molecule has 5 N–H and O–H groups in total. The molecule has 18 heavy (non-hydrogen) atoms. The first-order chi connectivity index (χ1) is 8.69. The number of nitrogens with one attached hydrogen (secondary N) is 1. The number of nitrogen functional groups attached to an aromatic ring is 1. The highest BCUT2D eigenvalue weighted by Gasteiger charge is 2.05. The Morgan fingerprint density at radius 3 is 2.56 bits per heavy atom. The Kier molecular flexibility index (Phi) is 3.54. The zero-order valence-corrected chi connectivity index (χ0v) is 9.76. The molecule has 0 fully saturated rings. The fourth-order valence-electron chi connectivity index (χ4n) is 1.50. The van der Waals surface area contributed by atoms with Crippen LogP contribution in [0.1, 0.15) is 10.5 Å². The summed E-state index contributed by atoms with van der Waals surface area (Å²) in [5, 5.41) is 3.16. The summed E-state index contributed by atoms with van der Waals surface area (Å²) in [7, 11) is 0. The van der Waals surface area contributed by atoms with Gasteiger partial charge < -0.3 is 16.8 Å². The maximum absolute atomic E-state index is 11.4. The lowest BCUT2D eigenvalue weighted by atomic mass is 10.2. The van der Waals surface area contributed by atoms with Gasteiger partial charge in [-0.05, 0) is 36.4 Å². The van der Waals surface area contributed by atoms with E-state index in [-0.39, 0.29) is 12.3 Å². The molecule has 0 saturated heterocycles. The van der Waals surface area contributed by atoms with Crippen LogP contribution >= 0.6 is 0 Å². The van der Waals surface area contributed by atoms with E-state index in [9.17, 15) is 4.79 Å². The van der Waals surface area contributed by atoms with E-state index in [1.165, 1.54) is 0 Å². The summed E-state index contributed by atoms with van der Waals surface area (Å²) in [5.41, 5.74) is 13.6. The van der Waals surface area contributed by atoms with Gasteiger partial charge in [-0.15, -0.1) is 0 Å². The maximum Gasteiger partial charge on any atom is 0.194 e. The number of rotatable bonds is 4. The van der Waals surface area contributed by atoms with Crippen molar-refractivity contribution < 1.29 is 4.79 Å². The van der Waals surface area contributed by atoms with Crippen molar-refractivity contribution >= 4 is 22.8 Å². The second-order valence-corrected chi connectivity index (χ2v) is 3.80. The highest BCUT2D eigenvalue weighted by atomic mass is 16.1. The van der Waals surface area contributed by atoms with Crippen molar-refractivity contribution in [3.63, 3.8) is 0 Å². The number of hydrogen-bond acceptors (Lipinski definition) is 5. The summed E-state index contributed by atoms with van der Waals surface area (Å²) in [5.74, 6) is -0.184. The van der Waals surface area contributed by atoms with Crippen molar-refractivity contribution in [1.82, 2.24) is 4.98 Å². The number of benzene rings is 1. The maximum atomic E-state index is 11.4. The fraction of sp³-hybridized carbons (Fsp3) is 0.0769. The van der Waals surface area contributed by atoms with Crippen molar-refractivity contribution in [2.24, 2.45) is 5.73 Å². The van der Waals surface area contributed by atoms with E-state index in [0.29, 0.717) is 11.4 Å². The van der Waals surface area contributed by atoms with Gasteiger partial charge in [0.25, 0.3) is 0 Å². The Morgan fingerprint density at radius 2 is 1.89 bits per heavy atom. The fourth-order valence-corrected chi connectivity index (χ4v) is 1.50. The van der Waals surface area contributed by atoms with Gasteiger partial charge >= 0.3 is 0 Å². The average molecular weight is 242 g/mol. The zero-order chi connectivity index (χ0) is 13.0. The second kappa shape index (κ2) is 5.29. The number of anilines is 3. The van der Waals surface area contributed by atoms with Gasteiger partial charge in [-0.2, -0.15) is 0 Å². The number of ketones is 1. The van der Waals surface area contributed by atoms with Crippen LogP contribution in [-0.2, 0) is 0 Å². The summed E-state index contributed by atoms with van der Waals surface area (Å²) in [4.78, 5) is 15.4. The lowest BCUT2D eigenvalue weighted by Crippen LogP contribution is -2.15. The molecule has 92 valence electrons. The molecule has 1 aromatic heterocycles. The predicted molar refractivity (Wildman–Crippen MR) is 71.8 cm³/mol. The number of aromatic nitrogens is 1. The van der Waals surface area contributed by atoms with Crippen LogP contribution in [0.25, 0.3) is 0 Å². The third-order valence-corrected chi connectivity index (χ3v) is 2.43. The average Bonchev–Trinajstić information content (AvgIpc) is 2.41. The lowest BCUT2D eigenvalue weighted by molar-refractivity contribution is 0.0997. The number of pyridine rings is 1. The predicted octanol–water partition coefficient (Wildman–Crippen LogP) is 1.55. The van der Waals surface area contributed by atoms with Crippen LogP contribution < -0.4 is 16.8 Å². The molecule has 0 aliphatic heterocycles. The third kappa shape index (κ3) is 2.83. The summed E-state index contributed by atoms with van der Waals surface area (Å²) in [6, 6.07) is 10.8. The molecular weight excluding hydrogens is 228 g/mol. The molecule has 0 saturated carbocycles. The first-order valence-corrected chi connectivity index (χ1v) is 5.51.